The lowest BCUT2D eigenvalue weighted by molar-refractivity contribution is -0.122. The number of methoxy groups -OCH3 is 1. The second-order valence-corrected chi connectivity index (χ2v) is 5.84. The molecule has 0 radical (unpaired) electrons. The monoisotopic (exact) mass is 330 g/mol. The topological polar surface area (TPSA) is 41.6 Å². The molecule has 2 aromatic rings. The van der Waals surface area contributed by atoms with Crippen molar-refractivity contribution in [3.8, 4) is 5.75 Å². The van der Waals surface area contributed by atoms with E-state index in [4.69, 9.17) is 4.74 Å². The van der Waals surface area contributed by atoms with E-state index in [0.717, 1.165) is 11.1 Å². The number of ether oxygens (including phenoxy) is 1. The summed E-state index contributed by atoms with van der Waals surface area (Å²) in [4.78, 5) is 14.0. The van der Waals surface area contributed by atoms with Gasteiger partial charge in [0.05, 0.1) is 19.7 Å². The Morgan fingerprint density at radius 3 is 2.58 bits per heavy atom. The van der Waals surface area contributed by atoms with E-state index in [1.165, 1.54) is 13.2 Å². The van der Waals surface area contributed by atoms with Gasteiger partial charge in [-0.05, 0) is 37.2 Å². The molecule has 0 heterocycles. The number of carbonyl (C=O) groups excluding carboxylic acids is 1. The zero-order valence-corrected chi connectivity index (χ0v) is 14.3. The van der Waals surface area contributed by atoms with Gasteiger partial charge in [-0.25, -0.2) is 4.39 Å². The van der Waals surface area contributed by atoms with Crippen molar-refractivity contribution in [3.63, 3.8) is 0 Å². The lowest BCUT2D eigenvalue weighted by atomic mass is 10.1. The van der Waals surface area contributed by atoms with Crippen LogP contribution in [0.5, 0.6) is 5.75 Å². The minimum absolute atomic E-state index is 0.0504. The highest BCUT2D eigenvalue weighted by Crippen LogP contribution is 2.18. The number of benzene rings is 2. The van der Waals surface area contributed by atoms with Gasteiger partial charge in [0.1, 0.15) is 0 Å². The molecular weight excluding hydrogens is 307 g/mol. The van der Waals surface area contributed by atoms with E-state index in [-0.39, 0.29) is 24.2 Å². The summed E-state index contributed by atoms with van der Waals surface area (Å²) in [5, 5.41) is 2.97. The van der Waals surface area contributed by atoms with Crippen molar-refractivity contribution in [1.29, 1.82) is 0 Å². The van der Waals surface area contributed by atoms with Crippen molar-refractivity contribution in [3.05, 3.63) is 65.5 Å². The fourth-order valence-corrected chi connectivity index (χ4v) is 2.53. The molecule has 0 spiro atoms. The molecule has 1 N–H and O–H groups in total. The number of carbonyl (C=O) groups is 1. The van der Waals surface area contributed by atoms with Gasteiger partial charge in [0.15, 0.2) is 11.6 Å². The van der Waals surface area contributed by atoms with Gasteiger partial charge >= 0.3 is 0 Å². The average molecular weight is 330 g/mol. The van der Waals surface area contributed by atoms with Crippen LogP contribution in [0.4, 0.5) is 4.39 Å². The molecule has 0 aliphatic rings. The first kappa shape index (κ1) is 17.9. The summed E-state index contributed by atoms with van der Waals surface area (Å²) in [6.07, 6.45) is 0. The van der Waals surface area contributed by atoms with Gasteiger partial charge in [0, 0.05) is 6.54 Å². The van der Waals surface area contributed by atoms with E-state index in [1.807, 2.05) is 49.2 Å². The van der Waals surface area contributed by atoms with Crippen LogP contribution in [-0.4, -0.2) is 31.5 Å². The highest BCUT2D eigenvalue weighted by Gasteiger charge is 2.12. The van der Waals surface area contributed by atoms with E-state index in [1.54, 1.807) is 12.1 Å². The average Bonchev–Trinajstić information content (AvgIpc) is 2.55. The lowest BCUT2D eigenvalue weighted by Gasteiger charge is -2.19. The van der Waals surface area contributed by atoms with Gasteiger partial charge in [-0.3, -0.25) is 9.69 Å². The summed E-state index contributed by atoms with van der Waals surface area (Å²) in [5.41, 5.74) is 1.85. The molecule has 2 rings (SSSR count). The zero-order valence-electron chi connectivity index (χ0n) is 14.3. The van der Waals surface area contributed by atoms with Crippen molar-refractivity contribution >= 4 is 5.91 Å². The molecule has 1 amide bonds. The molecule has 24 heavy (non-hydrogen) atoms. The predicted molar refractivity (Wildman–Crippen MR) is 92.3 cm³/mol. The Bertz CT molecular complexity index is 676. The summed E-state index contributed by atoms with van der Waals surface area (Å²) in [6, 6.07) is 14.6. The molecule has 0 aliphatic heterocycles. The summed E-state index contributed by atoms with van der Waals surface area (Å²) in [7, 11) is 3.26. The third-order valence-electron chi connectivity index (χ3n) is 3.76. The minimum Gasteiger partial charge on any atom is -0.494 e. The normalized spacial score (nSPS) is 12.0. The quantitative estimate of drug-likeness (QED) is 0.848. The molecule has 128 valence electrons. The molecular formula is C19H23FN2O2. The maximum atomic E-state index is 13.7. The highest BCUT2D eigenvalue weighted by atomic mass is 19.1. The smallest absolute Gasteiger partial charge is 0.234 e. The lowest BCUT2D eigenvalue weighted by Crippen LogP contribution is -2.36. The van der Waals surface area contributed by atoms with Crippen molar-refractivity contribution in [1.82, 2.24) is 10.2 Å². The number of hydrogen-bond donors (Lipinski definition) is 1. The second kappa shape index (κ2) is 8.45. The van der Waals surface area contributed by atoms with Crippen molar-refractivity contribution in [2.24, 2.45) is 0 Å². The van der Waals surface area contributed by atoms with E-state index in [9.17, 15) is 9.18 Å². The standard InChI is InChI=1S/C19H23FN2O2/c1-14(16-7-5-4-6-8-16)21-19(23)13-22(2)12-15-9-10-18(24-3)17(20)11-15/h4-11,14H,12-13H2,1-3H3,(H,21,23)/t14-/m1/s1. The molecule has 2 aromatic carbocycles. The maximum absolute atomic E-state index is 13.7. The largest absolute Gasteiger partial charge is 0.494 e. The molecule has 0 fully saturated rings. The van der Waals surface area contributed by atoms with Crippen molar-refractivity contribution in [2.75, 3.05) is 20.7 Å². The van der Waals surface area contributed by atoms with E-state index in [2.05, 4.69) is 5.32 Å². The van der Waals surface area contributed by atoms with E-state index in [0.29, 0.717) is 6.54 Å². The Labute approximate surface area is 142 Å². The fourth-order valence-electron chi connectivity index (χ4n) is 2.53. The Kier molecular flexibility index (Phi) is 6.32. The van der Waals surface area contributed by atoms with E-state index < -0.39 is 5.82 Å². The first-order chi connectivity index (χ1) is 11.5. The van der Waals surface area contributed by atoms with Gasteiger partial charge in [0.25, 0.3) is 0 Å². The van der Waals surface area contributed by atoms with Crippen molar-refractivity contribution < 1.29 is 13.9 Å². The first-order valence-electron chi connectivity index (χ1n) is 7.85. The number of likely N-dealkylation sites (N-methyl/N-ethyl adjacent to an activating group) is 1. The van der Waals surface area contributed by atoms with Crippen LogP contribution in [-0.2, 0) is 11.3 Å². The number of amides is 1. The highest BCUT2D eigenvalue weighted by molar-refractivity contribution is 5.78. The molecule has 1 atom stereocenters. The van der Waals surface area contributed by atoms with Crippen LogP contribution < -0.4 is 10.1 Å². The van der Waals surface area contributed by atoms with Gasteiger partial charge in [-0.1, -0.05) is 36.4 Å². The minimum atomic E-state index is -0.398. The third-order valence-corrected chi connectivity index (χ3v) is 3.76. The molecule has 4 nitrogen and oxygen atoms in total. The predicted octanol–water partition coefficient (Wildman–Crippen LogP) is 3.14. The number of hydrogen-bond acceptors (Lipinski definition) is 3. The van der Waals surface area contributed by atoms with Crippen LogP contribution in [0.1, 0.15) is 24.1 Å². The van der Waals surface area contributed by atoms with Crippen LogP contribution >= 0.6 is 0 Å². The van der Waals surface area contributed by atoms with Crippen LogP contribution in [0.15, 0.2) is 48.5 Å². The molecule has 0 aliphatic carbocycles. The third kappa shape index (κ3) is 5.06. The molecule has 0 saturated heterocycles. The van der Waals surface area contributed by atoms with Crippen molar-refractivity contribution in [2.45, 2.75) is 19.5 Å². The summed E-state index contributed by atoms with van der Waals surface area (Å²) in [6.45, 7) is 2.67. The van der Waals surface area contributed by atoms with Gasteiger partial charge < -0.3 is 10.1 Å². The summed E-state index contributed by atoms with van der Waals surface area (Å²) in [5.74, 6) is -0.246. The Hall–Kier alpha value is -2.40. The van der Waals surface area contributed by atoms with Crippen LogP contribution in [0.3, 0.4) is 0 Å². The Morgan fingerprint density at radius 1 is 1.25 bits per heavy atom. The van der Waals surface area contributed by atoms with Gasteiger partial charge in [-0.15, -0.1) is 0 Å². The van der Waals surface area contributed by atoms with Gasteiger partial charge in [-0.2, -0.15) is 0 Å². The SMILES string of the molecule is COc1ccc(CN(C)CC(=O)N[C@H](C)c2ccccc2)cc1F. The van der Waals surface area contributed by atoms with Crippen LogP contribution in [0.25, 0.3) is 0 Å². The Balaban J connectivity index is 1.86. The van der Waals surface area contributed by atoms with Gasteiger partial charge in [0.2, 0.25) is 5.91 Å². The molecule has 0 unspecified atom stereocenters. The molecule has 5 heteroatoms. The number of halogens is 1. The first-order valence-corrected chi connectivity index (χ1v) is 7.85. The summed E-state index contributed by atoms with van der Waals surface area (Å²) < 4.78 is 18.6. The number of rotatable bonds is 7. The molecule has 0 aromatic heterocycles. The fraction of sp³-hybridized carbons (Fsp3) is 0.316. The number of nitrogens with one attached hydrogen (secondary N) is 1. The van der Waals surface area contributed by atoms with Crippen LogP contribution in [0, 0.1) is 5.82 Å². The van der Waals surface area contributed by atoms with Crippen LogP contribution in [0.2, 0.25) is 0 Å². The Morgan fingerprint density at radius 2 is 1.96 bits per heavy atom. The van der Waals surface area contributed by atoms with E-state index >= 15 is 0 Å². The molecule has 0 bridgehead atoms. The summed E-state index contributed by atoms with van der Waals surface area (Å²) >= 11 is 0. The maximum Gasteiger partial charge on any atom is 0.234 e. The number of nitrogens with zero attached hydrogens (tertiary/aromatic N) is 1. The zero-order chi connectivity index (χ0) is 17.5. The second-order valence-electron chi connectivity index (χ2n) is 5.84. The molecule has 0 saturated carbocycles.